The summed E-state index contributed by atoms with van der Waals surface area (Å²) >= 11 is 5.92. The summed E-state index contributed by atoms with van der Waals surface area (Å²) < 4.78 is 0. The van der Waals surface area contributed by atoms with E-state index in [1.54, 1.807) is 13.1 Å². The first-order valence-corrected chi connectivity index (χ1v) is 11.8. The van der Waals surface area contributed by atoms with Gasteiger partial charge in [-0.3, -0.25) is 14.6 Å². The van der Waals surface area contributed by atoms with Gasteiger partial charge in [-0.2, -0.15) is 0 Å². The molecule has 0 bridgehead atoms. The Morgan fingerprint density at radius 1 is 0.912 bits per heavy atom. The molecule has 4 nitrogen and oxygen atoms in total. The smallest absolute Gasteiger partial charge is 0.310 e. The van der Waals surface area contributed by atoms with E-state index < -0.39 is 11.9 Å². The molecule has 34 heavy (non-hydrogen) atoms. The zero-order valence-electron chi connectivity index (χ0n) is 19.0. The van der Waals surface area contributed by atoms with Crippen molar-refractivity contribution in [3.05, 3.63) is 112 Å². The predicted molar refractivity (Wildman–Crippen MR) is 136 cm³/mol. The van der Waals surface area contributed by atoms with Crippen molar-refractivity contribution >= 4 is 34.1 Å². The molecular formula is C29H26ClNO3. The minimum absolute atomic E-state index is 0.135. The number of Topliss-reactive ketones (excluding diaryl/α,β-unsaturated/α-hetero) is 1. The van der Waals surface area contributed by atoms with E-state index in [1.807, 2.05) is 72.8 Å². The van der Waals surface area contributed by atoms with E-state index >= 15 is 0 Å². The fourth-order valence-corrected chi connectivity index (χ4v) is 4.27. The van der Waals surface area contributed by atoms with Crippen LogP contribution in [0.2, 0.25) is 5.02 Å². The van der Waals surface area contributed by atoms with Crippen molar-refractivity contribution in [2.45, 2.75) is 38.5 Å². The van der Waals surface area contributed by atoms with Gasteiger partial charge in [0.1, 0.15) is 0 Å². The number of rotatable bonds is 9. The van der Waals surface area contributed by atoms with Gasteiger partial charge < -0.3 is 5.11 Å². The van der Waals surface area contributed by atoms with Crippen LogP contribution in [0.1, 0.15) is 58.4 Å². The summed E-state index contributed by atoms with van der Waals surface area (Å²) in [5, 5.41) is 12.0. The Kier molecular flexibility index (Phi) is 7.39. The second-order valence-electron chi connectivity index (χ2n) is 8.54. The maximum atomic E-state index is 12.6. The van der Waals surface area contributed by atoms with Gasteiger partial charge in [0.15, 0.2) is 5.78 Å². The molecule has 4 rings (SSSR count). The van der Waals surface area contributed by atoms with Crippen LogP contribution in [0, 0.1) is 0 Å². The van der Waals surface area contributed by atoms with E-state index in [0.29, 0.717) is 29.0 Å². The number of carbonyl (C=O) groups is 2. The zero-order chi connectivity index (χ0) is 24.1. The van der Waals surface area contributed by atoms with Crippen LogP contribution in [0.15, 0.2) is 79.0 Å². The Morgan fingerprint density at radius 2 is 1.56 bits per heavy atom. The number of benzene rings is 3. The lowest BCUT2D eigenvalue weighted by Gasteiger charge is -2.13. The molecular weight excluding hydrogens is 446 g/mol. The number of aliphatic carboxylic acids is 1. The first-order chi connectivity index (χ1) is 16.4. The van der Waals surface area contributed by atoms with Crippen molar-refractivity contribution < 1.29 is 14.7 Å². The number of halogens is 1. The first-order valence-electron chi connectivity index (χ1n) is 11.4. The molecule has 3 aromatic carbocycles. The van der Waals surface area contributed by atoms with Crippen molar-refractivity contribution in [2.75, 3.05) is 0 Å². The third-order valence-electron chi connectivity index (χ3n) is 6.18. The molecule has 1 heterocycles. The lowest BCUT2D eigenvalue weighted by Crippen LogP contribution is -2.09. The van der Waals surface area contributed by atoms with Gasteiger partial charge in [-0.25, -0.2) is 0 Å². The van der Waals surface area contributed by atoms with Gasteiger partial charge in [0.2, 0.25) is 0 Å². The number of pyridine rings is 1. The highest BCUT2D eigenvalue weighted by Gasteiger charge is 2.18. The molecule has 172 valence electrons. The van der Waals surface area contributed by atoms with Crippen molar-refractivity contribution in [3.63, 3.8) is 0 Å². The van der Waals surface area contributed by atoms with Crippen molar-refractivity contribution in [2.24, 2.45) is 0 Å². The molecule has 0 aliphatic heterocycles. The maximum absolute atomic E-state index is 12.6. The van der Waals surface area contributed by atoms with Gasteiger partial charge in [-0.05, 0) is 54.0 Å². The minimum Gasteiger partial charge on any atom is -0.481 e. The van der Waals surface area contributed by atoms with Crippen LogP contribution in [-0.2, 0) is 17.6 Å². The number of aryl methyl sites for hydroxylation is 1. The van der Waals surface area contributed by atoms with Gasteiger partial charge in [0, 0.05) is 35.0 Å². The molecule has 4 aromatic rings. The first kappa shape index (κ1) is 23.7. The number of carboxylic acids is 1. The normalized spacial score (nSPS) is 11.9. The van der Waals surface area contributed by atoms with Crippen LogP contribution < -0.4 is 0 Å². The molecule has 0 saturated carbocycles. The highest BCUT2D eigenvalue weighted by atomic mass is 35.5. The third kappa shape index (κ3) is 5.52. The van der Waals surface area contributed by atoms with Crippen molar-refractivity contribution in [1.82, 2.24) is 4.98 Å². The number of hydrogen-bond donors (Lipinski definition) is 1. The van der Waals surface area contributed by atoms with E-state index in [1.165, 1.54) is 5.56 Å². The Bertz CT molecular complexity index is 1310. The van der Waals surface area contributed by atoms with Gasteiger partial charge in [-0.15, -0.1) is 0 Å². The quantitative estimate of drug-likeness (QED) is 0.270. The largest absolute Gasteiger partial charge is 0.481 e. The summed E-state index contributed by atoms with van der Waals surface area (Å²) in [6, 6.07) is 23.2. The predicted octanol–water partition coefficient (Wildman–Crippen LogP) is 6.87. The van der Waals surface area contributed by atoms with E-state index in [9.17, 15) is 14.7 Å². The minimum atomic E-state index is -0.867. The molecule has 1 aromatic heterocycles. The molecule has 1 atom stereocenters. The average molecular weight is 472 g/mol. The highest BCUT2D eigenvalue weighted by Crippen LogP contribution is 2.28. The van der Waals surface area contributed by atoms with Crippen LogP contribution in [-0.4, -0.2) is 21.8 Å². The Hall–Kier alpha value is -3.50. The summed E-state index contributed by atoms with van der Waals surface area (Å²) in [7, 11) is 0. The van der Waals surface area contributed by atoms with Crippen LogP contribution in [0.3, 0.4) is 0 Å². The van der Waals surface area contributed by atoms with Gasteiger partial charge in [0.05, 0.1) is 11.6 Å². The van der Waals surface area contributed by atoms with Crippen LogP contribution in [0.4, 0.5) is 0 Å². The number of carboxylic acid groups (broad SMARTS) is 1. The van der Waals surface area contributed by atoms with Crippen LogP contribution in [0.25, 0.3) is 10.8 Å². The molecule has 0 radical (unpaired) electrons. The highest BCUT2D eigenvalue weighted by molar-refractivity contribution is 6.30. The molecule has 5 heteroatoms. The molecule has 0 amide bonds. The third-order valence-corrected chi connectivity index (χ3v) is 6.43. The topological polar surface area (TPSA) is 67.3 Å². The molecule has 0 fully saturated rings. The number of hydrogen-bond acceptors (Lipinski definition) is 3. The lowest BCUT2D eigenvalue weighted by molar-refractivity contribution is -0.138. The number of carbonyl (C=O) groups excluding carboxylic acids is 1. The summed E-state index contributed by atoms with van der Waals surface area (Å²) in [5.41, 5.74) is 4.54. The average Bonchev–Trinajstić information content (AvgIpc) is 2.85. The molecule has 1 N–H and O–H groups in total. The number of nitrogens with zero attached hydrogens (tertiary/aromatic N) is 1. The van der Waals surface area contributed by atoms with Gasteiger partial charge in [-0.1, -0.05) is 72.3 Å². The van der Waals surface area contributed by atoms with Crippen molar-refractivity contribution in [1.29, 1.82) is 0 Å². The second-order valence-corrected chi connectivity index (χ2v) is 8.98. The molecule has 0 aliphatic rings. The zero-order valence-corrected chi connectivity index (χ0v) is 19.8. The maximum Gasteiger partial charge on any atom is 0.310 e. The molecule has 1 unspecified atom stereocenters. The summed E-state index contributed by atoms with van der Waals surface area (Å²) in [6.45, 7) is 1.68. The van der Waals surface area contributed by atoms with Crippen LogP contribution in [0.5, 0.6) is 0 Å². The summed E-state index contributed by atoms with van der Waals surface area (Å²) in [4.78, 5) is 28.7. The number of fused-ring (bicyclic) bond motifs is 1. The van der Waals surface area contributed by atoms with E-state index in [2.05, 4.69) is 4.98 Å². The molecule has 0 spiro atoms. The molecule has 0 aliphatic carbocycles. The Morgan fingerprint density at radius 3 is 2.24 bits per heavy atom. The number of ketones is 1. The fourth-order valence-electron chi connectivity index (χ4n) is 4.14. The second kappa shape index (κ2) is 10.6. The van der Waals surface area contributed by atoms with E-state index in [4.69, 9.17) is 11.6 Å². The lowest BCUT2D eigenvalue weighted by atomic mass is 9.94. The van der Waals surface area contributed by atoms with Gasteiger partial charge >= 0.3 is 5.97 Å². The van der Waals surface area contributed by atoms with E-state index in [0.717, 1.165) is 34.9 Å². The van der Waals surface area contributed by atoms with Crippen molar-refractivity contribution in [3.8, 4) is 0 Å². The standard InChI is InChI=1S/C29H26ClNO3/c1-19(29(33)34)26-18-31-27(25-7-3-2-6-24(25)26)17-21-9-13-22(14-10-21)28(32)8-4-5-20-11-15-23(30)16-12-20/h2-3,6-7,9-16,18-19H,4-5,8,17H2,1H3,(H,33,34). The van der Waals surface area contributed by atoms with E-state index in [-0.39, 0.29) is 5.78 Å². The van der Waals surface area contributed by atoms with Crippen LogP contribution >= 0.6 is 11.6 Å². The fraction of sp³-hybridized carbons (Fsp3) is 0.207. The Labute approximate surface area is 204 Å². The molecule has 0 saturated heterocycles. The monoisotopic (exact) mass is 471 g/mol. The Balaban J connectivity index is 1.43. The number of aromatic nitrogens is 1. The van der Waals surface area contributed by atoms with Gasteiger partial charge in [0.25, 0.3) is 0 Å². The SMILES string of the molecule is CC(C(=O)O)c1cnc(Cc2ccc(C(=O)CCCc3ccc(Cl)cc3)cc2)c2ccccc12. The summed E-state index contributed by atoms with van der Waals surface area (Å²) in [6.07, 6.45) is 4.41. The summed E-state index contributed by atoms with van der Waals surface area (Å²) in [5.74, 6) is -1.36.